The second-order valence-electron chi connectivity index (χ2n) is 2.94. The summed E-state index contributed by atoms with van der Waals surface area (Å²) in [5.74, 6) is 0. The summed E-state index contributed by atoms with van der Waals surface area (Å²) < 4.78 is 0. The van der Waals surface area contributed by atoms with Crippen molar-refractivity contribution in [2.45, 2.75) is 6.54 Å². The van der Waals surface area contributed by atoms with Crippen LogP contribution in [0, 0.1) is 10.1 Å². The van der Waals surface area contributed by atoms with Crippen LogP contribution in [0.3, 0.4) is 0 Å². The van der Waals surface area contributed by atoms with Gasteiger partial charge in [0, 0.05) is 25.7 Å². The van der Waals surface area contributed by atoms with Gasteiger partial charge in [-0.1, -0.05) is 12.1 Å². The molecule has 1 aromatic carbocycles. The zero-order chi connectivity index (χ0) is 10.6. The van der Waals surface area contributed by atoms with Crippen molar-refractivity contribution >= 4 is 12.1 Å². The number of nitro benzene ring substituents is 1. The van der Waals surface area contributed by atoms with Gasteiger partial charge in [-0.2, -0.15) is 0 Å². The molecular weight excluding hydrogens is 184 g/mol. The lowest BCUT2D eigenvalue weighted by molar-refractivity contribution is -0.384. The highest BCUT2D eigenvalue weighted by Gasteiger charge is 2.04. The molecule has 0 aromatic heterocycles. The Morgan fingerprint density at radius 2 is 2.00 bits per heavy atom. The molecule has 0 aliphatic heterocycles. The molecule has 74 valence electrons. The number of non-ortho nitro benzene ring substituents is 1. The number of rotatable bonds is 4. The monoisotopic (exact) mass is 194 g/mol. The second kappa shape index (κ2) is 4.36. The van der Waals surface area contributed by atoms with E-state index in [1.807, 2.05) is 0 Å². The molecule has 0 saturated heterocycles. The number of carbonyl (C=O) groups is 1. The molecule has 0 heterocycles. The second-order valence-corrected chi connectivity index (χ2v) is 2.94. The van der Waals surface area contributed by atoms with Crippen molar-refractivity contribution in [3.8, 4) is 0 Å². The third-order valence-corrected chi connectivity index (χ3v) is 1.76. The van der Waals surface area contributed by atoms with E-state index in [0.29, 0.717) is 13.0 Å². The Morgan fingerprint density at radius 3 is 2.43 bits per heavy atom. The van der Waals surface area contributed by atoms with Crippen molar-refractivity contribution in [1.82, 2.24) is 4.90 Å². The quantitative estimate of drug-likeness (QED) is 0.410. The van der Waals surface area contributed by atoms with Crippen LogP contribution in [0.5, 0.6) is 0 Å². The molecule has 0 unspecified atom stereocenters. The van der Waals surface area contributed by atoms with Crippen LogP contribution in [-0.2, 0) is 11.3 Å². The largest absolute Gasteiger partial charge is 0.344 e. The Bertz CT molecular complexity index is 334. The zero-order valence-corrected chi connectivity index (χ0v) is 7.71. The summed E-state index contributed by atoms with van der Waals surface area (Å²) >= 11 is 0. The fourth-order valence-electron chi connectivity index (χ4n) is 1.05. The van der Waals surface area contributed by atoms with E-state index in [1.165, 1.54) is 17.0 Å². The number of carbonyl (C=O) groups excluding carboxylic acids is 1. The lowest BCUT2D eigenvalue weighted by atomic mass is 10.2. The molecule has 0 atom stereocenters. The minimum atomic E-state index is -0.451. The van der Waals surface area contributed by atoms with Crippen molar-refractivity contribution in [2.24, 2.45) is 0 Å². The molecule has 0 bridgehead atoms. The molecule has 1 aromatic rings. The van der Waals surface area contributed by atoms with Gasteiger partial charge in [0.2, 0.25) is 6.41 Å². The highest BCUT2D eigenvalue weighted by Crippen LogP contribution is 2.12. The van der Waals surface area contributed by atoms with Gasteiger partial charge in [0.25, 0.3) is 5.69 Å². The van der Waals surface area contributed by atoms with Crippen LogP contribution >= 0.6 is 0 Å². The SMILES string of the molecule is CN(C=O)Cc1ccc([N+](=O)[O-])cc1. The first kappa shape index (κ1) is 10.2. The van der Waals surface area contributed by atoms with Gasteiger partial charge in [-0.05, 0) is 5.56 Å². The Hall–Kier alpha value is -1.91. The summed E-state index contributed by atoms with van der Waals surface area (Å²) in [4.78, 5) is 21.6. The third-order valence-electron chi connectivity index (χ3n) is 1.76. The van der Waals surface area contributed by atoms with E-state index in [0.717, 1.165) is 5.56 Å². The summed E-state index contributed by atoms with van der Waals surface area (Å²) in [5.41, 5.74) is 0.924. The number of nitrogens with zero attached hydrogens (tertiary/aromatic N) is 2. The predicted octanol–water partition coefficient (Wildman–Crippen LogP) is 1.18. The first-order valence-electron chi connectivity index (χ1n) is 4.02. The molecule has 5 heteroatoms. The Morgan fingerprint density at radius 1 is 1.43 bits per heavy atom. The first-order chi connectivity index (χ1) is 6.63. The molecule has 0 saturated carbocycles. The maximum absolute atomic E-state index is 10.3. The van der Waals surface area contributed by atoms with Crippen molar-refractivity contribution in [2.75, 3.05) is 7.05 Å². The fraction of sp³-hybridized carbons (Fsp3) is 0.222. The summed E-state index contributed by atoms with van der Waals surface area (Å²) in [7, 11) is 1.65. The Balaban J connectivity index is 2.73. The topological polar surface area (TPSA) is 63.5 Å². The fourth-order valence-corrected chi connectivity index (χ4v) is 1.05. The van der Waals surface area contributed by atoms with Crippen LogP contribution in [0.4, 0.5) is 5.69 Å². The normalized spacial score (nSPS) is 9.50. The minimum absolute atomic E-state index is 0.0579. The molecule has 0 spiro atoms. The molecular formula is C9H10N2O3. The van der Waals surface area contributed by atoms with E-state index in [9.17, 15) is 14.9 Å². The van der Waals surface area contributed by atoms with Gasteiger partial charge in [-0.3, -0.25) is 14.9 Å². The highest BCUT2D eigenvalue weighted by molar-refractivity contribution is 5.46. The van der Waals surface area contributed by atoms with Gasteiger partial charge in [-0.15, -0.1) is 0 Å². The van der Waals surface area contributed by atoms with E-state index in [-0.39, 0.29) is 5.69 Å². The zero-order valence-electron chi connectivity index (χ0n) is 7.71. The minimum Gasteiger partial charge on any atom is -0.344 e. The van der Waals surface area contributed by atoms with Gasteiger partial charge in [-0.25, -0.2) is 0 Å². The number of hydrogen-bond donors (Lipinski definition) is 0. The van der Waals surface area contributed by atoms with Gasteiger partial charge in [0.05, 0.1) is 4.92 Å². The lowest BCUT2D eigenvalue weighted by Gasteiger charge is -2.09. The molecule has 5 nitrogen and oxygen atoms in total. The van der Waals surface area contributed by atoms with E-state index < -0.39 is 4.92 Å². The molecule has 0 fully saturated rings. The average molecular weight is 194 g/mol. The maximum atomic E-state index is 10.3. The summed E-state index contributed by atoms with van der Waals surface area (Å²) in [6, 6.07) is 6.12. The Kier molecular flexibility index (Phi) is 3.17. The van der Waals surface area contributed by atoms with E-state index in [1.54, 1.807) is 19.2 Å². The highest BCUT2D eigenvalue weighted by atomic mass is 16.6. The van der Waals surface area contributed by atoms with Crippen molar-refractivity contribution in [3.05, 3.63) is 39.9 Å². The molecule has 1 rings (SSSR count). The summed E-state index contributed by atoms with van der Waals surface area (Å²) in [6.07, 6.45) is 0.710. The van der Waals surface area contributed by atoms with Crippen LogP contribution in [0.2, 0.25) is 0 Å². The standard InChI is InChI=1S/C9H10N2O3/c1-10(7-12)6-8-2-4-9(5-3-8)11(13)14/h2-5,7H,6H2,1H3. The third kappa shape index (κ3) is 2.55. The lowest BCUT2D eigenvalue weighted by Crippen LogP contribution is -2.14. The van der Waals surface area contributed by atoms with E-state index in [2.05, 4.69) is 0 Å². The van der Waals surface area contributed by atoms with Crippen molar-refractivity contribution in [1.29, 1.82) is 0 Å². The van der Waals surface area contributed by atoms with Crippen LogP contribution in [-0.4, -0.2) is 23.3 Å². The van der Waals surface area contributed by atoms with Gasteiger partial charge >= 0.3 is 0 Å². The first-order valence-corrected chi connectivity index (χ1v) is 4.02. The van der Waals surface area contributed by atoms with Gasteiger partial charge < -0.3 is 4.90 Å². The van der Waals surface area contributed by atoms with Crippen molar-refractivity contribution in [3.63, 3.8) is 0 Å². The Labute approximate surface area is 81.1 Å². The average Bonchev–Trinajstić information content (AvgIpc) is 2.18. The number of benzene rings is 1. The van der Waals surface area contributed by atoms with Gasteiger partial charge in [0.1, 0.15) is 0 Å². The van der Waals surface area contributed by atoms with Crippen LogP contribution < -0.4 is 0 Å². The number of amides is 1. The molecule has 14 heavy (non-hydrogen) atoms. The molecule has 1 amide bonds. The summed E-state index contributed by atoms with van der Waals surface area (Å²) in [6.45, 7) is 0.460. The van der Waals surface area contributed by atoms with Crippen LogP contribution in [0.25, 0.3) is 0 Å². The summed E-state index contributed by atoms with van der Waals surface area (Å²) in [5, 5.41) is 10.3. The maximum Gasteiger partial charge on any atom is 0.269 e. The molecule has 0 radical (unpaired) electrons. The van der Waals surface area contributed by atoms with Crippen molar-refractivity contribution < 1.29 is 9.72 Å². The van der Waals surface area contributed by atoms with E-state index in [4.69, 9.17) is 0 Å². The number of nitro groups is 1. The molecule has 0 N–H and O–H groups in total. The van der Waals surface area contributed by atoms with Gasteiger partial charge in [0.15, 0.2) is 0 Å². The smallest absolute Gasteiger partial charge is 0.269 e. The molecule has 0 aliphatic rings. The molecule has 0 aliphatic carbocycles. The number of hydrogen-bond acceptors (Lipinski definition) is 3. The van der Waals surface area contributed by atoms with E-state index >= 15 is 0 Å². The van der Waals surface area contributed by atoms with Crippen LogP contribution in [0.15, 0.2) is 24.3 Å². The van der Waals surface area contributed by atoms with Crippen LogP contribution in [0.1, 0.15) is 5.56 Å². The predicted molar refractivity (Wildman–Crippen MR) is 50.6 cm³/mol.